The molecular formula is C14H17N3O4. The molecule has 1 heterocycles. The van der Waals surface area contributed by atoms with E-state index in [1.54, 1.807) is 0 Å². The number of non-ortho nitro benzene ring substituents is 1. The van der Waals surface area contributed by atoms with E-state index in [-0.39, 0.29) is 11.4 Å². The fraction of sp³-hybridized carbons (Fsp3) is 0.500. The normalized spacial score (nSPS) is 15.4. The standard InChI is InChI=1S/C14H17N3O4/c15-11-12-2-3-13(17(18)19)10-14(12)21-7-1-4-16-5-8-20-9-6-16/h2-3,10H,1,4-9H2. The number of hydrogen-bond donors (Lipinski definition) is 0. The van der Waals surface area contributed by atoms with E-state index in [9.17, 15) is 10.1 Å². The maximum absolute atomic E-state index is 10.7. The van der Waals surface area contributed by atoms with Gasteiger partial charge >= 0.3 is 0 Å². The van der Waals surface area contributed by atoms with Gasteiger partial charge in [0.05, 0.1) is 36.4 Å². The van der Waals surface area contributed by atoms with Gasteiger partial charge in [0, 0.05) is 25.7 Å². The number of nitro groups is 1. The Hall–Kier alpha value is -2.17. The monoisotopic (exact) mass is 291 g/mol. The van der Waals surface area contributed by atoms with E-state index < -0.39 is 4.92 Å². The van der Waals surface area contributed by atoms with Crippen molar-refractivity contribution < 1.29 is 14.4 Å². The van der Waals surface area contributed by atoms with Crippen molar-refractivity contribution in [3.8, 4) is 11.8 Å². The number of benzene rings is 1. The molecule has 1 aromatic rings. The molecule has 0 saturated carbocycles. The number of morpholine rings is 1. The third kappa shape index (κ3) is 4.41. The maximum Gasteiger partial charge on any atom is 0.273 e. The molecule has 0 aromatic heterocycles. The molecular weight excluding hydrogens is 274 g/mol. The van der Waals surface area contributed by atoms with Gasteiger partial charge < -0.3 is 9.47 Å². The van der Waals surface area contributed by atoms with Gasteiger partial charge in [-0.05, 0) is 12.5 Å². The Balaban J connectivity index is 1.85. The Kier molecular flexibility index (Phi) is 5.49. The Morgan fingerprint density at radius 3 is 2.86 bits per heavy atom. The molecule has 7 heteroatoms. The molecule has 0 aliphatic carbocycles. The molecule has 1 saturated heterocycles. The first-order valence-corrected chi connectivity index (χ1v) is 6.82. The number of ether oxygens (including phenoxy) is 2. The summed E-state index contributed by atoms with van der Waals surface area (Å²) in [5.41, 5.74) is 0.240. The maximum atomic E-state index is 10.7. The molecule has 1 fully saturated rings. The quantitative estimate of drug-likeness (QED) is 0.449. The topological polar surface area (TPSA) is 88.6 Å². The third-order valence-corrected chi connectivity index (χ3v) is 3.28. The lowest BCUT2D eigenvalue weighted by molar-refractivity contribution is -0.384. The van der Waals surface area contributed by atoms with E-state index in [0.717, 1.165) is 39.3 Å². The van der Waals surface area contributed by atoms with Crippen LogP contribution in [0, 0.1) is 21.4 Å². The highest BCUT2D eigenvalue weighted by Gasteiger charge is 2.13. The van der Waals surface area contributed by atoms with Gasteiger partial charge in [-0.1, -0.05) is 0 Å². The van der Waals surface area contributed by atoms with Crippen molar-refractivity contribution in [2.75, 3.05) is 39.5 Å². The molecule has 112 valence electrons. The highest BCUT2D eigenvalue weighted by atomic mass is 16.6. The molecule has 1 aromatic carbocycles. The van der Waals surface area contributed by atoms with E-state index in [1.165, 1.54) is 18.2 Å². The number of hydrogen-bond acceptors (Lipinski definition) is 6. The molecule has 0 spiro atoms. The minimum atomic E-state index is -0.498. The first-order chi connectivity index (χ1) is 10.2. The van der Waals surface area contributed by atoms with E-state index in [4.69, 9.17) is 14.7 Å². The van der Waals surface area contributed by atoms with Crippen molar-refractivity contribution >= 4 is 5.69 Å². The Morgan fingerprint density at radius 2 is 2.19 bits per heavy atom. The van der Waals surface area contributed by atoms with Crippen LogP contribution >= 0.6 is 0 Å². The average Bonchev–Trinajstić information content (AvgIpc) is 2.52. The average molecular weight is 291 g/mol. The van der Waals surface area contributed by atoms with Crippen LogP contribution in [0.15, 0.2) is 18.2 Å². The predicted molar refractivity (Wildman–Crippen MR) is 75.2 cm³/mol. The number of nitro benzene ring substituents is 1. The molecule has 1 aliphatic heterocycles. The highest BCUT2D eigenvalue weighted by molar-refractivity contribution is 5.49. The molecule has 0 atom stereocenters. The van der Waals surface area contributed by atoms with Gasteiger partial charge in [-0.15, -0.1) is 0 Å². The van der Waals surface area contributed by atoms with Crippen LogP contribution in [0.1, 0.15) is 12.0 Å². The Bertz CT molecular complexity index is 536. The van der Waals surface area contributed by atoms with Crippen molar-refractivity contribution in [1.29, 1.82) is 5.26 Å². The van der Waals surface area contributed by atoms with E-state index >= 15 is 0 Å². The Morgan fingerprint density at radius 1 is 1.43 bits per heavy atom. The first kappa shape index (κ1) is 15.2. The van der Waals surface area contributed by atoms with Crippen molar-refractivity contribution in [2.24, 2.45) is 0 Å². The van der Waals surface area contributed by atoms with Crippen LogP contribution in [0.4, 0.5) is 5.69 Å². The van der Waals surface area contributed by atoms with Crippen molar-refractivity contribution in [2.45, 2.75) is 6.42 Å². The van der Waals surface area contributed by atoms with Crippen LogP contribution in [-0.4, -0.2) is 49.3 Å². The zero-order chi connectivity index (χ0) is 15.1. The lowest BCUT2D eigenvalue weighted by Gasteiger charge is -2.26. The summed E-state index contributed by atoms with van der Waals surface area (Å²) in [5, 5.41) is 19.7. The molecule has 21 heavy (non-hydrogen) atoms. The lowest BCUT2D eigenvalue weighted by Crippen LogP contribution is -2.37. The minimum absolute atomic E-state index is 0.0721. The minimum Gasteiger partial charge on any atom is -0.492 e. The number of rotatable bonds is 6. The first-order valence-electron chi connectivity index (χ1n) is 6.82. The summed E-state index contributed by atoms with van der Waals surface area (Å²) in [6, 6.07) is 5.99. The summed E-state index contributed by atoms with van der Waals surface area (Å²) < 4.78 is 10.8. The zero-order valence-corrected chi connectivity index (χ0v) is 11.7. The molecule has 0 unspecified atom stereocenters. The van der Waals surface area contributed by atoms with Crippen LogP contribution in [-0.2, 0) is 4.74 Å². The third-order valence-electron chi connectivity index (χ3n) is 3.28. The van der Waals surface area contributed by atoms with Gasteiger partial charge in [-0.3, -0.25) is 15.0 Å². The fourth-order valence-corrected chi connectivity index (χ4v) is 2.13. The van der Waals surface area contributed by atoms with Gasteiger partial charge in [0.15, 0.2) is 0 Å². The zero-order valence-electron chi connectivity index (χ0n) is 11.7. The van der Waals surface area contributed by atoms with Gasteiger partial charge in [0.2, 0.25) is 0 Å². The number of nitriles is 1. The molecule has 0 bridgehead atoms. The largest absolute Gasteiger partial charge is 0.492 e. The summed E-state index contributed by atoms with van der Waals surface area (Å²) in [6.45, 7) is 4.66. The van der Waals surface area contributed by atoms with Gasteiger partial charge in [0.1, 0.15) is 11.8 Å². The van der Waals surface area contributed by atoms with Crippen molar-refractivity contribution in [3.63, 3.8) is 0 Å². The molecule has 0 N–H and O–H groups in total. The van der Waals surface area contributed by atoms with E-state index in [1.807, 2.05) is 6.07 Å². The smallest absolute Gasteiger partial charge is 0.273 e. The highest BCUT2D eigenvalue weighted by Crippen LogP contribution is 2.24. The summed E-state index contributed by atoms with van der Waals surface area (Å²) in [6.07, 6.45) is 0.799. The summed E-state index contributed by atoms with van der Waals surface area (Å²) >= 11 is 0. The van der Waals surface area contributed by atoms with Crippen molar-refractivity contribution in [1.82, 2.24) is 4.90 Å². The SMILES string of the molecule is N#Cc1ccc([N+](=O)[O-])cc1OCCCN1CCOCC1. The van der Waals surface area contributed by atoms with Crippen LogP contribution < -0.4 is 4.74 Å². The molecule has 0 radical (unpaired) electrons. The summed E-state index contributed by atoms with van der Waals surface area (Å²) in [5.74, 6) is 0.272. The second kappa shape index (κ2) is 7.57. The molecule has 2 rings (SSSR count). The van der Waals surface area contributed by atoms with Crippen LogP contribution in [0.25, 0.3) is 0 Å². The fourth-order valence-electron chi connectivity index (χ4n) is 2.13. The van der Waals surface area contributed by atoms with Crippen LogP contribution in [0.3, 0.4) is 0 Å². The second-order valence-electron chi connectivity index (χ2n) is 4.71. The molecule has 1 aliphatic rings. The summed E-state index contributed by atoms with van der Waals surface area (Å²) in [7, 11) is 0. The second-order valence-corrected chi connectivity index (χ2v) is 4.71. The summed E-state index contributed by atoms with van der Waals surface area (Å²) in [4.78, 5) is 12.5. The Labute approximate surface area is 122 Å². The van der Waals surface area contributed by atoms with Gasteiger partial charge in [-0.25, -0.2) is 0 Å². The van der Waals surface area contributed by atoms with Crippen LogP contribution in [0.5, 0.6) is 5.75 Å². The van der Waals surface area contributed by atoms with Gasteiger partial charge in [-0.2, -0.15) is 5.26 Å². The van der Waals surface area contributed by atoms with Gasteiger partial charge in [0.25, 0.3) is 5.69 Å². The molecule has 7 nitrogen and oxygen atoms in total. The molecule has 0 amide bonds. The lowest BCUT2D eigenvalue weighted by atomic mass is 10.2. The van der Waals surface area contributed by atoms with Crippen molar-refractivity contribution in [3.05, 3.63) is 33.9 Å². The van der Waals surface area contributed by atoms with E-state index in [2.05, 4.69) is 4.90 Å². The van der Waals surface area contributed by atoms with E-state index in [0.29, 0.717) is 12.2 Å². The predicted octanol–water partition coefficient (Wildman–Crippen LogP) is 1.57. The van der Waals surface area contributed by atoms with Crippen LogP contribution in [0.2, 0.25) is 0 Å². The number of nitrogens with zero attached hydrogens (tertiary/aromatic N) is 3.